The largest absolute Gasteiger partial charge is 0.493 e. The van der Waals surface area contributed by atoms with Crippen molar-refractivity contribution in [1.29, 1.82) is 0 Å². The minimum Gasteiger partial charge on any atom is -0.493 e. The van der Waals surface area contributed by atoms with Crippen molar-refractivity contribution in [1.82, 2.24) is 9.97 Å². The first-order chi connectivity index (χ1) is 20.3. The minimum atomic E-state index is -0.658. The van der Waals surface area contributed by atoms with Crippen molar-refractivity contribution in [2.24, 2.45) is 17.1 Å². The normalized spacial score (nSPS) is 21.7. The van der Waals surface area contributed by atoms with Crippen LogP contribution in [0.2, 0.25) is 0 Å². The zero-order valence-electron chi connectivity index (χ0n) is 24.2. The van der Waals surface area contributed by atoms with Gasteiger partial charge in [0.05, 0.1) is 36.5 Å². The lowest BCUT2D eigenvalue weighted by Crippen LogP contribution is -2.49. The average molecular weight is 575 g/mol. The molecule has 3 N–H and O–H groups in total. The molecule has 2 atom stereocenters. The number of rotatable bonds is 8. The van der Waals surface area contributed by atoms with Crippen LogP contribution in [0.25, 0.3) is 10.9 Å². The van der Waals surface area contributed by atoms with E-state index in [1.54, 1.807) is 19.2 Å². The quantitative estimate of drug-likeness (QED) is 0.387. The van der Waals surface area contributed by atoms with Gasteiger partial charge in [-0.25, -0.2) is 4.98 Å². The van der Waals surface area contributed by atoms with Crippen molar-refractivity contribution >= 4 is 28.7 Å². The van der Waals surface area contributed by atoms with Crippen LogP contribution < -0.4 is 25.7 Å². The van der Waals surface area contributed by atoms with Crippen molar-refractivity contribution < 1.29 is 23.8 Å². The zero-order chi connectivity index (χ0) is 29.4. The maximum absolute atomic E-state index is 14.1. The van der Waals surface area contributed by atoms with Gasteiger partial charge in [-0.2, -0.15) is 0 Å². The van der Waals surface area contributed by atoms with E-state index in [4.69, 9.17) is 24.9 Å². The van der Waals surface area contributed by atoms with Gasteiger partial charge < -0.3 is 24.8 Å². The molecule has 42 heavy (non-hydrogen) atoms. The molecule has 2 aliphatic carbocycles. The number of primary amides is 1. The van der Waals surface area contributed by atoms with Crippen LogP contribution in [0.3, 0.4) is 0 Å². The third-order valence-corrected chi connectivity index (χ3v) is 9.58. The van der Waals surface area contributed by atoms with E-state index in [1.807, 2.05) is 29.2 Å². The van der Waals surface area contributed by atoms with Gasteiger partial charge >= 0.3 is 5.97 Å². The van der Waals surface area contributed by atoms with E-state index in [-0.39, 0.29) is 11.5 Å². The van der Waals surface area contributed by atoms with E-state index in [0.717, 1.165) is 36.8 Å². The molecule has 3 aliphatic rings. The highest BCUT2D eigenvalue weighted by Gasteiger charge is 2.47. The summed E-state index contributed by atoms with van der Waals surface area (Å²) in [6.07, 6.45) is 6.05. The molecule has 0 radical (unpaired) electrons. The number of amides is 1. The summed E-state index contributed by atoms with van der Waals surface area (Å²) in [4.78, 5) is 49.3. The van der Waals surface area contributed by atoms with Crippen LogP contribution in [0.15, 0.2) is 41.2 Å². The zero-order valence-corrected chi connectivity index (χ0v) is 24.2. The number of ether oxygens (including phenoxy) is 3. The second-order valence-corrected chi connectivity index (χ2v) is 11.9. The van der Waals surface area contributed by atoms with E-state index in [0.29, 0.717) is 66.6 Å². The summed E-state index contributed by atoms with van der Waals surface area (Å²) >= 11 is 0. The Balaban J connectivity index is 1.23. The number of nitrogens with zero attached hydrogens (tertiary/aromatic N) is 2. The third kappa shape index (κ3) is 5.07. The van der Waals surface area contributed by atoms with Gasteiger partial charge in [-0.1, -0.05) is 43.5 Å². The second kappa shape index (κ2) is 11.3. The Hall–Kier alpha value is -4.08. The molecule has 1 amide bonds. The fourth-order valence-corrected chi connectivity index (χ4v) is 6.95. The predicted molar refractivity (Wildman–Crippen MR) is 158 cm³/mol. The molecule has 1 aliphatic heterocycles. The molecule has 6 rings (SSSR count). The van der Waals surface area contributed by atoms with Crippen molar-refractivity contribution in [3.63, 3.8) is 0 Å². The lowest BCUT2D eigenvalue weighted by atomic mass is 9.67. The van der Waals surface area contributed by atoms with Gasteiger partial charge in [-0.05, 0) is 55.2 Å². The van der Waals surface area contributed by atoms with Gasteiger partial charge in [0.2, 0.25) is 11.9 Å². The molecule has 10 heteroatoms. The van der Waals surface area contributed by atoms with Gasteiger partial charge in [0, 0.05) is 19.2 Å². The first-order valence-electron chi connectivity index (χ1n) is 14.8. The number of esters is 1. The number of carbonyl (C=O) groups is 2. The number of aromatic amines is 1. The summed E-state index contributed by atoms with van der Waals surface area (Å²) in [5.41, 5.74) is 7.37. The molecule has 1 saturated heterocycles. The van der Waals surface area contributed by atoms with Crippen LogP contribution >= 0.6 is 0 Å². The smallest absolute Gasteiger partial charge is 0.312 e. The first kappa shape index (κ1) is 28.1. The van der Waals surface area contributed by atoms with Gasteiger partial charge in [-0.3, -0.25) is 19.4 Å². The fraction of sp³-hybridized carbons (Fsp3) is 0.500. The minimum absolute atomic E-state index is 0.235. The lowest BCUT2D eigenvalue weighted by Gasteiger charge is -2.44. The van der Waals surface area contributed by atoms with Gasteiger partial charge in [-0.15, -0.1) is 0 Å². The summed E-state index contributed by atoms with van der Waals surface area (Å²) in [7, 11) is 3.07. The lowest BCUT2D eigenvalue weighted by molar-refractivity contribution is -0.167. The molecular formula is C32H38N4O6. The number of anilines is 1. The van der Waals surface area contributed by atoms with E-state index < -0.39 is 23.3 Å². The Labute approximate surface area is 244 Å². The number of methoxy groups -OCH3 is 2. The number of hydrogen-bond acceptors (Lipinski definition) is 8. The van der Waals surface area contributed by atoms with Gasteiger partial charge in [0.25, 0.3) is 5.56 Å². The molecule has 2 unspecified atom stereocenters. The number of nitrogens with two attached hydrogens (primary N) is 1. The van der Waals surface area contributed by atoms with Gasteiger partial charge in [0.15, 0.2) is 11.5 Å². The standard InChI is InChI=1S/C32H38N4O6/c1-40-25-16-22-23(17-26(25)41-2)34-31(35-29(22)38)36-14-12-32(13-15-36,18-19-6-5-7-19)30(39)42-24-11-10-20-8-3-4-9-21(20)27(24)28(33)37/h3-4,8-9,16-17,19,24,27H,5-7,10-15,18H2,1-2H3,(H2,33,37)(H,34,35,38). The molecule has 3 aromatic rings. The number of nitrogens with one attached hydrogen (secondary N) is 1. The number of benzene rings is 2. The van der Waals surface area contributed by atoms with Crippen LogP contribution in [-0.2, 0) is 20.7 Å². The summed E-state index contributed by atoms with van der Waals surface area (Å²) in [6, 6.07) is 11.1. The van der Waals surface area contributed by atoms with Crippen molar-refractivity contribution in [2.45, 2.75) is 63.4 Å². The number of hydrogen-bond donors (Lipinski definition) is 2. The number of piperidine rings is 1. The van der Waals surface area contributed by atoms with E-state index in [2.05, 4.69) is 4.98 Å². The number of aromatic nitrogens is 2. The van der Waals surface area contributed by atoms with Crippen LogP contribution in [-0.4, -0.2) is 55.3 Å². The van der Waals surface area contributed by atoms with E-state index >= 15 is 0 Å². The topological polar surface area (TPSA) is 137 Å². The van der Waals surface area contributed by atoms with Crippen LogP contribution in [0.1, 0.15) is 62.0 Å². The monoisotopic (exact) mass is 574 g/mol. The fourth-order valence-electron chi connectivity index (χ4n) is 6.95. The van der Waals surface area contributed by atoms with Crippen LogP contribution in [0, 0.1) is 11.3 Å². The third-order valence-electron chi connectivity index (χ3n) is 9.58. The second-order valence-electron chi connectivity index (χ2n) is 11.9. The maximum atomic E-state index is 14.1. The molecule has 222 valence electrons. The molecule has 2 heterocycles. The first-order valence-corrected chi connectivity index (χ1v) is 14.8. The summed E-state index contributed by atoms with van der Waals surface area (Å²) < 4.78 is 17.0. The summed E-state index contributed by atoms with van der Waals surface area (Å²) in [5, 5.41) is 0.411. The molecule has 0 spiro atoms. The Morgan fingerprint density at radius 3 is 2.45 bits per heavy atom. The molecule has 0 bridgehead atoms. The van der Waals surface area contributed by atoms with Gasteiger partial charge in [0.1, 0.15) is 6.10 Å². The number of H-pyrrole nitrogens is 1. The molecule has 10 nitrogen and oxygen atoms in total. The van der Waals surface area contributed by atoms with Crippen molar-refractivity contribution in [2.75, 3.05) is 32.2 Å². The highest BCUT2D eigenvalue weighted by atomic mass is 16.5. The number of aryl methyl sites for hydroxylation is 1. The Morgan fingerprint density at radius 2 is 1.79 bits per heavy atom. The van der Waals surface area contributed by atoms with E-state index in [1.165, 1.54) is 13.5 Å². The Bertz CT molecular complexity index is 1560. The van der Waals surface area contributed by atoms with Crippen LogP contribution in [0.5, 0.6) is 11.5 Å². The molecule has 2 fully saturated rings. The van der Waals surface area contributed by atoms with Crippen molar-refractivity contribution in [3.8, 4) is 11.5 Å². The summed E-state index contributed by atoms with van der Waals surface area (Å²) in [6.45, 7) is 1.08. The average Bonchev–Trinajstić information content (AvgIpc) is 2.98. The van der Waals surface area contributed by atoms with Crippen LogP contribution in [0.4, 0.5) is 5.95 Å². The highest BCUT2D eigenvalue weighted by molar-refractivity contribution is 5.85. The predicted octanol–water partition coefficient (Wildman–Crippen LogP) is 3.84. The molecule has 1 aromatic heterocycles. The maximum Gasteiger partial charge on any atom is 0.312 e. The Kier molecular flexibility index (Phi) is 7.55. The molecule has 1 saturated carbocycles. The highest BCUT2D eigenvalue weighted by Crippen LogP contribution is 2.46. The summed E-state index contributed by atoms with van der Waals surface area (Å²) in [5.74, 6) is 0.552. The van der Waals surface area contributed by atoms with E-state index in [9.17, 15) is 14.4 Å². The molecular weight excluding hydrogens is 536 g/mol. The SMILES string of the molecule is COc1cc2nc(N3CCC(CC4CCC4)(C(=O)OC4CCc5ccccc5C4C(N)=O)CC3)[nH]c(=O)c2cc1OC. The van der Waals surface area contributed by atoms with Crippen molar-refractivity contribution in [3.05, 3.63) is 57.9 Å². The number of carbonyl (C=O) groups excluding carboxylic acids is 2. The molecule has 2 aromatic carbocycles. The Morgan fingerprint density at radius 1 is 1.07 bits per heavy atom. The number of fused-ring (bicyclic) bond motifs is 2.